The molecule has 1 amide bonds. The van der Waals surface area contributed by atoms with Crippen LogP contribution in [0.5, 0.6) is 0 Å². The van der Waals surface area contributed by atoms with E-state index in [4.69, 9.17) is 15.7 Å². The smallest absolute Gasteiger partial charge is 0.287 e. The van der Waals surface area contributed by atoms with E-state index < -0.39 is 5.91 Å². The molecular formula is C22H24FN5O2. The molecule has 0 fully saturated rings. The number of amides is 1. The topological polar surface area (TPSA) is 113 Å². The number of rotatable bonds is 2. The number of terminal acetylenes is 1. The number of aliphatic imine (C=N–C) groups is 1. The van der Waals surface area contributed by atoms with Crippen molar-refractivity contribution in [3.05, 3.63) is 72.0 Å². The van der Waals surface area contributed by atoms with Crippen LogP contribution in [-0.4, -0.2) is 23.0 Å². The number of aromatic nitrogens is 1. The summed E-state index contributed by atoms with van der Waals surface area (Å²) in [5.41, 5.74) is 6.26. The fraction of sp³-hybridized carbons (Fsp3) is 0.182. The van der Waals surface area contributed by atoms with Crippen LogP contribution in [0.1, 0.15) is 36.8 Å². The lowest BCUT2D eigenvalue weighted by atomic mass is 10.2. The van der Waals surface area contributed by atoms with Gasteiger partial charge in [-0.2, -0.15) is 5.26 Å². The Hall–Kier alpha value is -4.17. The van der Waals surface area contributed by atoms with Crippen molar-refractivity contribution in [1.82, 2.24) is 4.98 Å². The lowest BCUT2D eigenvalue weighted by Gasteiger charge is -2.06. The third-order valence-electron chi connectivity index (χ3n) is 3.10. The van der Waals surface area contributed by atoms with E-state index in [0.717, 1.165) is 0 Å². The minimum Gasteiger partial charge on any atom is -0.435 e. The van der Waals surface area contributed by atoms with Gasteiger partial charge in [-0.15, -0.1) is 12.8 Å². The van der Waals surface area contributed by atoms with Crippen LogP contribution in [0.2, 0.25) is 0 Å². The number of amidine groups is 1. The van der Waals surface area contributed by atoms with Gasteiger partial charge in [-0.3, -0.25) is 4.79 Å². The average Bonchev–Trinajstić information content (AvgIpc) is 2.78. The average molecular weight is 409 g/mol. The number of nitrogens with two attached hydrogens (primary N) is 1. The third kappa shape index (κ3) is 9.67. The number of ether oxygens (including phenoxy) is 1. The van der Waals surface area contributed by atoms with Gasteiger partial charge in [0.1, 0.15) is 17.6 Å². The molecule has 8 heteroatoms. The number of carbonyl (C=O) groups is 1. The molecule has 30 heavy (non-hydrogen) atoms. The van der Waals surface area contributed by atoms with Gasteiger partial charge in [0.25, 0.3) is 11.9 Å². The maximum atomic E-state index is 12.7. The molecule has 1 aliphatic rings. The predicted molar refractivity (Wildman–Crippen MR) is 116 cm³/mol. The molecule has 2 heterocycles. The minimum atomic E-state index is -0.411. The Morgan fingerprint density at radius 3 is 2.30 bits per heavy atom. The van der Waals surface area contributed by atoms with E-state index in [1.54, 1.807) is 6.26 Å². The predicted octanol–water partition coefficient (Wildman–Crippen LogP) is 3.85. The molecule has 7 nitrogen and oxygen atoms in total. The maximum absolute atomic E-state index is 12.7. The summed E-state index contributed by atoms with van der Waals surface area (Å²) in [5, 5.41) is 11.2. The maximum Gasteiger partial charge on any atom is 0.287 e. The van der Waals surface area contributed by atoms with Gasteiger partial charge in [0.05, 0.1) is 17.9 Å². The van der Waals surface area contributed by atoms with Crippen LogP contribution >= 0.6 is 0 Å². The second kappa shape index (κ2) is 14.8. The molecule has 1 aliphatic heterocycles. The highest BCUT2D eigenvalue weighted by atomic mass is 19.1. The van der Waals surface area contributed by atoms with E-state index in [9.17, 15) is 9.18 Å². The van der Waals surface area contributed by atoms with E-state index >= 15 is 0 Å². The summed E-state index contributed by atoms with van der Waals surface area (Å²) in [4.78, 5) is 19.5. The molecule has 0 bridgehead atoms. The van der Waals surface area contributed by atoms with Crippen LogP contribution in [0.25, 0.3) is 0 Å². The summed E-state index contributed by atoms with van der Waals surface area (Å²) < 4.78 is 17.4. The molecule has 0 unspecified atom stereocenters. The van der Waals surface area contributed by atoms with Crippen molar-refractivity contribution in [2.75, 3.05) is 5.32 Å². The standard InChI is InChI=1S/C13H8FN3O.C5H8N2O.C2H6.C2H2/c14-10-2-4-11(5-3-10)17-13(18)12-6-1-9(7-15)8-16-12;1-4-2-3-8-5(6)7-4;2*1-2/h1-6,8H,(H,17,18);2-4H,1H3,(H2,6,7);1-2H3;1-2H/t;4-;;/m.0../s1. The molecule has 3 rings (SSSR count). The van der Waals surface area contributed by atoms with Gasteiger partial charge in [0.2, 0.25) is 0 Å². The van der Waals surface area contributed by atoms with Gasteiger partial charge < -0.3 is 15.8 Å². The van der Waals surface area contributed by atoms with Crippen LogP contribution in [0.4, 0.5) is 10.1 Å². The Morgan fingerprint density at radius 1 is 1.23 bits per heavy atom. The lowest BCUT2D eigenvalue weighted by molar-refractivity contribution is 0.102. The molecule has 3 N–H and O–H groups in total. The first kappa shape index (κ1) is 25.8. The molecule has 1 atom stereocenters. The number of hydrogen-bond donors (Lipinski definition) is 2. The van der Waals surface area contributed by atoms with Gasteiger partial charge in [0.15, 0.2) is 0 Å². The molecular weight excluding hydrogens is 385 g/mol. The summed E-state index contributed by atoms with van der Waals surface area (Å²) >= 11 is 0. The van der Waals surface area contributed by atoms with E-state index in [-0.39, 0.29) is 23.6 Å². The first-order chi connectivity index (χ1) is 14.5. The number of carbonyl (C=O) groups excluding carboxylic acids is 1. The Morgan fingerprint density at radius 2 is 1.87 bits per heavy atom. The van der Waals surface area contributed by atoms with Crippen molar-refractivity contribution in [3.63, 3.8) is 0 Å². The highest BCUT2D eigenvalue weighted by Crippen LogP contribution is 2.10. The Balaban J connectivity index is 0.000000585. The van der Waals surface area contributed by atoms with Crippen molar-refractivity contribution in [1.29, 1.82) is 5.26 Å². The normalized spacial score (nSPS) is 13.1. The number of anilines is 1. The molecule has 1 aromatic heterocycles. The van der Waals surface area contributed by atoms with E-state index in [1.165, 1.54) is 42.6 Å². The van der Waals surface area contributed by atoms with E-state index in [0.29, 0.717) is 11.3 Å². The molecule has 0 spiro atoms. The number of benzene rings is 1. The number of nitrogens with one attached hydrogen (secondary N) is 1. The van der Waals surface area contributed by atoms with Gasteiger partial charge in [-0.1, -0.05) is 13.8 Å². The van der Waals surface area contributed by atoms with Crippen LogP contribution in [0.3, 0.4) is 0 Å². The number of nitriles is 1. The molecule has 2 aromatic rings. The Labute approximate surface area is 176 Å². The highest BCUT2D eigenvalue weighted by Gasteiger charge is 2.07. The first-order valence-electron chi connectivity index (χ1n) is 8.91. The molecule has 156 valence electrons. The van der Waals surface area contributed by atoms with Crippen LogP contribution in [-0.2, 0) is 4.74 Å². The van der Waals surface area contributed by atoms with Gasteiger partial charge in [-0.25, -0.2) is 14.4 Å². The molecule has 0 aliphatic carbocycles. The quantitative estimate of drug-likeness (QED) is 0.731. The number of pyridine rings is 1. The van der Waals surface area contributed by atoms with Gasteiger partial charge in [0, 0.05) is 11.9 Å². The molecule has 0 saturated heterocycles. The minimum absolute atomic E-state index is 0.170. The summed E-state index contributed by atoms with van der Waals surface area (Å²) in [6, 6.07) is 10.7. The first-order valence-corrected chi connectivity index (χ1v) is 8.91. The van der Waals surface area contributed by atoms with Crippen LogP contribution in [0.15, 0.2) is 59.9 Å². The van der Waals surface area contributed by atoms with Crippen molar-refractivity contribution in [2.24, 2.45) is 10.7 Å². The largest absolute Gasteiger partial charge is 0.435 e. The number of nitrogens with zero attached hydrogens (tertiary/aromatic N) is 3. The van der Waals surface area contributed by atoms with Crippen LogP contribution in [0, 0.1) is 30.0 Å². The fourth-order valence-corrected chi connectivity index (χ4v) is 1.82. The van der Waals surface area contributed by atoms with E-state index in [2.05, 4.69) is 28.1 Å². The zero-order chi connectivity index (χ0) is 22.9. The Kier molecular flexibility index (Phi) is 12.8. The second-order valence-corrected chi connectivity index (χ2v) is 5.16. The Bertz CT molecular complexity index is 898. The molecule has 0 radical (unpaired) electrons. The van der Waals surface area contributed by atoms with Gasteiger partial charge in [-0.05, 0) is 49.4 Å². The van der Waals surface area contributed by atoms with Crippen molar-refractivity contribution >= 4 is 17.6 Å². The van der Waals surface area contributed by atoms with Gasteiger partial charge >= 0.3 is 0 Å². The summed E-state index contributed by atoms with van der Waals surface area (Å²) in [6.45, 7) is 5.94. The van der Waals surface area contributed by atoms with Crippen LogP contribution < -0.4 is 11.1 Å². The van der Waals surface area contributed by atoms with Crippen molar-refractivity contribution < 1.29 is 13.9 Å². The zero-order valence-corrected chi connectivity index (χ0v) is 17.0. The second-order valence-electron chi connectivity index (χ2n) is 5.16. The van der Waals surface area contributed by atoms with Crippen molar-refractivity contribution in [2.45, 2.75) is 26.8 Å². The molecule has 0 saturated carbocycles. The number of halogens is 1. The zero-order valence-electron chi connectivity index (χ0n) is 17.0. The monoisotopic (exact) mass is 409 g/mol. The van der Waals surface area contributed by atoms with E-state index in [1.807, 2.05) is 32.9 Å². The van der Waals surface area contributed by atoms with Crippen molar-refractivity contribution in [3.8, 4) is 18.9 Å². The summed E-state index contributed by atoms with van der Waals surface area (Å²) in [5.74, 6) is -0.782. The fourth-order valence-electron chi connectivity index (χ4n) is 1.82. The lowest BCUT2D eigenvalue weighted by Crippen LogP contribution is -2.18. The highest BCUT2D eigenvalue weighted by molar-refractivity contribution is 6.02. The number of hydrogen-bond acceptors (Lipinski definition) is 6. The summed E-state index contributed by atoms with van der Waals surface area (Å²) in [6.07, 6.45) is 12.7. The third-order valence-corrected chi connectivity index (χ3v) is 3.10. The SMILES string of the molecule is C#C.CC.C[C@H]1C=COC(N)=N1.N#Cc1ccc(C(=O)Nc2ccc(F)cc2)nc1. The summed E-state index contributed by atoms with van der Waals surface area (Å²) in [7, 11) is 0. The molecule has 1 aromatic carbocycles.